The summed E-state index contributed by atoms with van der Waals surface area (Å²) in [6.07, 6.45) is 4.22. The molecule has 2 aromatic carbocycles. The normalized spacial score (nSPS) is 13.9. The molecule has 48 heavy (non-hydrogen) atoms. The van der Waals surface area contributed by atoms with Gasteiger partial charge in [-0.1, -0.05) is 11.6 Å². The first kappa shape index (κ1) is 34.8. The second-order valence-corrected chi connectivity index (χ2v) is 12.5. The van der Waals surface area contributed by atoms with Crippen molar-refractivity contribution in [3.05, 3.63) is 71.1 Å². The van der Waals surface area contributed by atoms with Crippen molar-refractivity contribution in [1.29, 1.82) is 0 Å². The number of benzene rings is 2. The molecule has 0 radical (unpaired) electrons. The highest BCUT2D eigenvalue weighted by molar-refractivity contribution is 6.34. The van der Waals surface area contributed by atoms with Crippen molar-refractivity contribution in [3.8, 4) is 17.0 Å². The van der Waals surface area contributed by atoms with E-state index in [1.807, 2.05) is 20.8 Å². The van der Waals surface area contributed by atoms with E-state index in [0.717, 1.165) is 19.6 Å². The van der Waals surface area contributed by atoms with Crippen molar-refractivity contribution in [2.45, 2.75) is 26.4 Å². The first-order valence-electron chi connectivity index (χ1n) is 15.4. The lowest BCUT2D eigenvalue weighted by atomic mass is 10.1. The average Bonchev–Trinajstić information content (AvgIpc) is 3.48. The number of carbonyl (C=O) groups excluding carboxylic acids is 2. The number of nitrogens with zero attached hydrogens (tertiary/aromatic N) is 5. The van der Waals surface area contributed by atoms with Gasteiger partial charge in [-0.2, -0.15) is 4.39 Å². The van der Waals surface area contributed by atoms with Crippen LogP contribution in [0.2, 0.25) is 5.02 Å². The minimum atomic E-state index is -1.09. The Kier molecular flexibility index (Phi) is 11.0. The van der Waals surface area contributed by atoms with Crippen LogP contribution in [0, 0.1) is 11.6 Å². The number of ether oxygens (including phenoxy) is 3. The SMILES string of the molecule is COc1ccc(-c2cnc3c(Nc4ccc(C(=O)NCCOCCN5CCN(C(=O)OC(C)(C)C)CC5)c(Cl)c4)nccn23)c(F)c1F. The van der Waals surface area contributed by atoms with Crippen LogP contribution in [-0.2, 0) is 9.47 Å². The minimum absolute atomic E-state index is 0.0111. The summed E-state index contributed by atoms with van der Waals surface area (Å²) in [7, 11) is 1.26. The molecule has 2 amide bonds. The van der Waals surface area contributed by atoms with Gasteiger partial charge in [0.2, 0.25) is 5.82 Å². The zero-order chi connectivity index (χ0) is 34.4. The van der Waals surface area contributed by atoms with E-state index >= 15 is 0 Å². The Balaban J connectivity index is 1.09. The summed E-state index contributed by atoms with van der Waals surface area (Å²) >= 11 is 6.46. The third kappa shape index (κ3) is 8.30. The summed E-state index contributed by atoms with van der Waals surface area (Å²) in [4.78, 5) is 37.6. The second-order valence-electron chi connectivity index (χ2n) is 12.1. The molecule has 0 saturated carbocycles. The molecular formula is C33H38ClF2N7O5. The fourth-order valence-electron chi connectivity index (χ4n) is 5.12. The van der Waals surface area contributed by atoms with Crippen molar-refractivity contribution < 1.29 is 32.6 Å². The number of hydrogen-bond acceptors (Lipinski definition) is 9. The number of nitrogens with one attached hydrogen (secondary N) is 2. The number of imidazole rings is 1. The number of halogens is 3. The van der Waals surface area contributed by atoms with E-state index in [1.54, 1.807) is 33.7 Å². The van der Waals surface area contributed by atoms with Crippen LogP contribution < -0.4 is 15.4 Å². The predicted octanol–water partition coefficient (Wildman–Crippen LogP) is 5.38. The molecule has 0 bridgehead atoms. The van der Waals surface area contributed by atoms with Gasteiger partial charge in [0, 0.05) is 62.9 Å². The number of amides is 2. The van der Waals surface area contributed by atoms with Crippen molar-refractivity contribution in [2.24, 2.45) is 0 Å². The number of anilines is 2. The Morgan fingerprint density at radius 3 is 2.50 bits per heavy atom. The lowest BCUT2D eigenvalue weighted by molar-refractivity contribution is 0.0116. The summed E-state index contributed by atoms with van der Waals surface area (Å²) in [6.45, 7) is 10.1. The minimum Gasteiger partial charge on any atom is -0.494 e. The molecule has 256 valence electrons. The first-order chi connectivity index (χ1) is 22.9. The number of piperazine rings is 1. The van der Waals surface area contributed by atoms with Gasteiger partial charge >= 0.3 is 6.09 Å². The molecule has 5 rings (SSSR count). The lowest BCUT2D eigenvalue weighted by Crippen LogP contribution is -2.50. The smallest absolute Gasteiger partial charge is 0.410 e. The highest BCUT2D eigenvalue weighted by Crippen LogP contribution is 2.32. The molecule has 2 aromatic heterocycles. The van der Waals surface area contributed by atoms with E-state index in [-0.39, 0.29) is 33.9 Å². The highest BCUT2D eigenvalue weighted by atomic mass is 35.5. The molecule has 0 spiro atoms. The number of rotatable bonds is 11. The van der Waals surface area contributed by atoms with Crippen molar-refractivity contribution in [2.75, 3.05) is 64.9 Å². The third-order valence-electron chi connectivity index (χ3n) is 7.56. The molecule has 1 saturated heterocycles. The lowest BCUT2D eigenvalue weighted by Gasteiger charge is -2.35. The molecular weight excluding hydrogens is 648 g/mol. The van der Waals surface area contributed by atoms with Crippen LogP contribution >= 0.6 is 11.6 Å². The van der Waals surface area contributed by atoms with Crippen LogP contribution in [-0.4, -0.2) is 101 Å². The molecule has 0 unspecified atom stereocenters. The zero-order valence-corrected chi connectivity index (χ0v) is 27.9. The van der Waals surface area contributed by atoms with Crippen LogP contribution in [0.3, 0.4) is 0 Å². The number of carbonyl (C=O) groups is 2. The van der Waals surface area contributed by atoms with E-state index in [4.69, 9.17) is 25.8 Å². The number of hydrogen-bond donors (Lipinski definition) is 2. The number of aromatic nitrogens is 3. The van der Waals surface area contributed by atoms with Gasteiger partial charge in [-0.25, -0.2) is 19.2 Å². The fraction of sp³-hybridized carbons (Fsp3) is 0.394. The Morgan fingerprint density at radius 2 is 1.79 bits per heavy atom. The molecule has 1 fully saturated rings. The Morgan fingerprint density at radius 1 is 1.02 bits per heavy atom. The van der Waals surface area contributed by atoms with E-state index in [2.05, 4.69) is 25.5 Å². The van der Waals surface area contributed by atoms with Gasteiger partial charge in [0.05, 0.1) is 42.8 Å². The summed E-state index contributed by atoms with van der Waals surface area (Å²) in [5.74, 6) is -2.35. The Bertz CT molecular complexity index is 1770. The van der Waals surface area contributed by atoms with Gasteiger partial charge in [0.15, 0.2) is 23.0 Å². The van der Waals surface area contributed by atoms with Gasteiger partial charge in [-0.3, -0.25) is 14.1 Å². The molecule has 1 aliphatic rings. The van der Waals surface area contributed by atoms with Gasteiger partial charge < -0.3 is 29.7 Å². The van der Waals surface area contributed by atoms with Gasteiger partial charge in [0.1, 0.15) is 5.60 Å². The van der Waals surface area contributed by atoms with Crippen molar-refractivity contribution >= 4 is 40.8 Å². The first-order valence-corrected chi connectivity index (χ1v) is 15.8. The van der Waals surface area contributed by atoms with Crippen molar-refractivity contribution in [1.82, 2.24) is 29.5 Å². The fourth-order valence-corrected chi connectivity index (χ4v) is 5.38. The van der Waals surface area contributed by atoms with Crippen molar-refractivity contribution in [3.63, 3.8) is 0 Å². The molecule has 1 aliphatic heterocycles. The maximum atomic E-state index is 14.8. The molecule has 15 heteroatoms. The number of fused-ring (bicyclic) bond motifs is 1. The maximum absolute atomic E-state index is 14.8. The molecule has 0 aliphatic carbocycles. The van der Waals surface area contributed by atoms with Crippen LogP contribution in [0.4, 0.5) is 25.1 Å². The van der Waals surface area contributed by atoms with Crippen LogP contribution in [0.5, 0.6) is 5.75 Å². The van der Waals surface area contributed by atoms with Crippen LogP contribution in [0.15, 0.2) is 48.9 Å². The van der Waals surface area contributed by atoms with Gasteiger partial charge in [0.25, 0.3) is 5.91 Å². The molecule has 3 heterocycles. The standard InChI is InChI=1S/C33H38ClF2N7O5/c1-33(2,3)48-32(45)42-14-12-41(13-15-42)16-18-47-17-10-38-31(44)22-6-5-21(19-24(22)34)40-29-30-39-20-25(43(30)11-9-37-29)23-7-8-26(46-4)28(36)27(23)35/h5-9,11,19-20H,10,12-18H2,1-4H3,(H,37,40)(H,38,44). The van der Waals surface area contributed by atoms with E-state index in [9.17, 15) is 18.4 Å². The molecule has 12 nitrogen and oxygen atoms in total. The van der Waals surface area contributed by atoms with Crippen LogP contribution in [0.1, 0.15) is 31.1 Å². The van der Waals surface area contributed by atoms with Gasteiger partial charge in [-0.05, 0) is 51.1 Å². The van der Waals surface area contributed by atoms with Gasteiger partial charge in [-0.15, -0.1) is 0 Å². The second kappa shape index (κ2) is 15.1. The molecule has 0 atom stereocenters. The predicted molar refractivity (Wildman–Crippen MR) is 177 cm³/mol. The topological polar surface area (TPSA) is 123 Å². The van der Waals surface area contributed by atoms with E-state index in [0.29, 0.717) is 55.7 Å². The Labute approximate surface area is 281 Å². The summed E-state index contributed by atoms with van der Waals surface area (Å²) < 4.78 is 46.8. The van der Waals surface area contributed by atoms with E-state index < -0.39 is 17.2 Å². The quantitative estimate of drug-likeness (QED) is 0.201. The van der Waals surface area contributed by atoms with Crippen LogP contribution in [0.25, 0.3) is 16.9 Å². The Hall–Kier alpha value is -4.53. The zero-order valence-electron chi connectivity index (χ0n) is 27.2. The average molecular weight is 686 g/mol. The molecule has 4 aromatic rings. The summed E-state index contributed by atoms with van der Waals surface area (Å²) in [6, 6.07) is 7.62. The maximum Gasteiger partial charge on any atom is 0.410 e. The molecule has 2 N–H and O–H groups in total. The highest BCUT2D eigenvalue weighted by Gasteiger charge is 2.26. The monoisotopic (exact) mass is 685 g/mol. The summed E-state index contributed by atoms with van der Waals surface area (Å²) in [5, 5.41) is 6.15. The summed E-state index contributed by atoms with van der Waals surface area (Å²) in [5.41, 5.74) is 1.01. The largest absolute Gasteiger partial charge is 0.494 e. The number of methoxy groups -OCH3 is 1. The third-order valence-corrected chi connectivity index (χ3v) is 7.87. The van der Waals surface area contributed by atoms with E-state index in [1.165, 1.54) is 31.6 Å².